The van der Waals surface area contributed by atoms with Crippen LogP contribution in [0.4, 0.5) is 0 Å². The number of carbonyl (C=O) groups excluding carboxylic acids is 1. The second kappa shape index (κ2) is 5.09. The summed E-state index contributed by atoms with van der Waals surface area (Å²) in [5, 5.41) is 11.1. The third-order valence-electron chi connectivity index (χ3n) is 1.32. The first-order valence-corrected chi connectivity index (χ1v) is 3.72. The van der Waals surface area contributed by atoms with Gasteiger partial charge in [0.1, 0.15) is 6.23 Å². The van der Waals surface area contributed by atoms with Crippen molar-refractivity contribution >= 4 is 5.91 Å². The summed E-state index contributed by atoms with van der Waals surface area (Å²) < 4.78 is 0. The Morgan fingerprint density at radius 2 is 2.27 bits per heavy atom. The molecule has 0 saturated heterocycles. The summed E-state index contributed by atoms with van der Waals surface area (Å²) in [5.74, 6) is -0.149. The zero-order valence-corrected chi connectivity index (χ0v) is 7.29. The fourth-order valence-corrected chi connectivity index (χ4v) is 0.636. The Bertz CT molecular complexity index is 126. The summed E-state index contributed by atoms with van der Waals surface area (Å²) in [6.45, 7) is 4.65. The Kier molecular flexibility index (Phi) is 4.81. The Morgan fingerprint density at radius 3 is 2.64 bits per heavy atom. The number of rotatable bonds is 4. The third-order valence-corrected chi connectivity index (χ3v) is 1.32. The number of nitrogens with zero attached hydrogens (tertiary/aromatic N) is 1. The van der Waals surface area contributed by atoms with Gasteiger partial charge < -0.3 is 10.4 Å². The van der Waals surface area contributed by atoms with Gasteiger partial charge in [0.25, 0.3) is 0 Å². The fraction of sp³-hybridized carbons (Fsp3) is 0.857. The van der Waals surface area contributed by atoms with Gasteiger partial charge in [0.2, 0.25) is 5.91 Å². The molecule has 4 heteroatoms. The Hall–Kier alpha value is -0.610. The van der Waals surface area contributed by atoms with Gasteiger partial charge in [-0.15, -0.1) is 0 Å². The number of aliphatic hydroxyl groups is 1. The SMILES string of the molecule is CCN(C)CC(=O)NC(C)O. The van der Waals surface area contributed by atoms with Gasteiger partial charge in [-0.05, 0) is 20.5 Å². The second-order valence-electron chi connectivity index (χ2n) is 2.57. The maximum Gasteiger partial charge on any atom is 0.236 e. The van der Waals surface area contributed by atoms with Crippen LogP contribution in [0.3, 0.4) is 0 Å². The molecule has 0 rings (SSSR count). The molecule has 0 heterocycles. The van der Waals surface area contributed by atoms with Crippen molar-refractivity contribution in [2.75, 3.05) is 20.1 Å². The monoisotopic (exact) mass is 160 g/mol. The molecule has 4 nitrogen and oxygen atoms in total. The minimum Gasteiger partial charge on any atom is -0.374 e. The molecular weight excluding hydrogens is 144 g/mol. The van der Waals surface area contributed by atoms with Gasteiger partial charge in [0.15, 0.2) is 0 Å². The molecule has 0 radical (unpaired) electrons. The average Bonchev–Trinajstić information content (AvgIpc) is 1.85. The Morgan fingerprint density at radius 1 is 1.73 bits per heavy atom. The number of likely N-dealkylation sites (N-methyl/N-ethyl adjacent to an activating group) is 1. The normalized spacial score (nSPS) is 13.2. The van der Waals surface area contributed by atoms with Gasteiger partial charge in [-0.3, -0.25) is 9.69 Å². The van der Waals surface area contributed by atoms with Crippen LogP contribution in [0.25, 0.3) is 0 Å². The highest BCUT2D eigenvalue weighted by atomic mass is 16.3. The van der Waals surface area contributed by atoms with Gasteiger partial charge in [-0.2, -0.15) is 0 Å². The predicted octanol–water partition coefficient (Wildman–Crippen LogP) is -0.607. The van der Waals surface area contributed by atoms with Crippen molar-refractivity contribution in [1.29, 1.82) is 0 Å². The number of hydrogen-bond acceptors (Lipinski definition) is 3. The number of hydrogen-bond donors (Lipinski definition) is 2. The van der Waals surface area contributed by atoms with Gasteiger partial charge >= 0.3 is 0 Å². The van der Waals surface area contributed by atoms with Gasteiger partial charge in [0, 0.05) is 0 Å². The van der Waals surface area contributed by atoms with Crippen molar-refractivity contribution in [2.24, 2.45) is 0 Å². The van der Waals surface area contributed by atoms with E-state index in [1.807, 2.05) is 18.9 Å². The summed E-state index contributed by atoms with van der Waals surface area (Å²) in [7, 11) is 1.85. The van der Waals surface area contributed by atoms with E-state index >= 15 is 0 Å². The largest absolute Gasteiger partial charge is 0.374 e. The Labute approximate surface area is 67.2 Å². The van der Waals surface area contributed by atoms with Crippen LogP contribution in [0, 0.1) is 0 Å². The molecule has 0 aliphatic carbocycles. The first-order chi connectivity index (χ1) is 5.06. The molecule has 0 bridgehead atoms. The lowest BCUT2D eigenvalue weighted by Gasteiger charge is -2.14. The minimum absolute atomic E-state index is 0.149. The number of aliphatic hydroxyl groups excluding tert-OH is 1. The van der Waals surface area contributed by atoms with Crippen molar-refractivity contribution in [1.82, 2.24) is 10.2 Å². The number of carbonyl (C=O) groups is 1. The highest BCUT2D eigenvalue weighted by Gasteiger charge is 2.05. The van der Waals surface area contributed by atoms with Crippen LogP contribution in [0.2, 0.25) is 0 Å². The summed E-state index contributed by atoms with van der Waals surface area (Å²) >= 11 is 0. The molecule has 0 aliphatic rings. The zero-order valence-electron chi connectivity index (χ0n) is 7.29. The lowest BCUT2D eigenvalue weighted by Crippen LogP contribution is -2.39. The van der Waals surface area contributed by atoms with Gasteiger partial charge in [0.05, 0.1) is 6.54 Å². The lowest BCUT2D eigenvalue weighted by atomic mass is 10.5. The molecule has 0 aromatic rings. The molecule has 11 heavy (non-hydrogen) atoms. The van der Waals surface area contributed by atoms with Crippen molar-refractivity contribution in [3.8, 4) is 0 Å². The fourth-order valence-electron chi connectivity index (χ4n) is 0.636. The average molecular weight is 160 g/mol. The van der Waals surface area contributed by atoms with E-state index in [4.69, 9.17) is 5.11 Å². The molecule has 0 aromatic carbocycles. The molecule has 0 saturated carbocycles. The van der Waals surface area contributed by atoms with E-state index in [1.165, 1.54) is 6.92 Å². The van der Waals surface area contributed by atoms with Crippen molar-refractivity contribution in [3.05, 3.63) is 0 Å². The van der Waals surface area contributed by atoms with Crippen molar-refractivity contribution in [3.63, 3.8) is 0 Å². The zero-order chi connectivity index (χ0) is 8.85. The van der Waals surface area contributed by atoms with E-state index in [0.717, 1.165) is 6.54 Å². The van der Waals surface area contributed by atoms with Gasteiger partial charge in [-0.1, -0.05) is 6.92 Å². The van der Waals surface area contributed by atoms with Crippen LogP contribution in [0.5, 0.6) is 0 Å². The topological polar surface area (TPSA) is 52.6 Å². The van der Waals surface area contributed by atoms with Crippen LogP contribution >= 0.6 is 0 Å². The minimum atomic E-state index is -0.757. The summed E-state index contributed by atoms with van der Waals surface area (Å²) in [6, 6.07) is 0. The molecule has 1 atom stereocenters. The predicted molar refractivity (Wildman–Crippen MR) is 43.0 cm³/mol. The maximum atomic E-state index is 10.9. The van der Waals surface area contributed by atoms with Crippen LogP contribution in [0.15, 0.2) is 0 Å². The van der Waals surface area contributed by atoms with E-state index in [-0.39, 0.29) is 5.91 Å². The van der Waals surface area contributed by atoms with E-state index in [0.29, 0.717) is 6.54 Å². The molecule has 0 spiro atoms. The first kappa shape index (κ1) is 10.4. The van der Waals surface area contributed by atoms with E-state index in [1.54, 1.807) is 0 Å². The summed E-state index contributed by atoms with van der Waals surface area (Å²) in [5.41, 5.74) is 0. The van der Waals surface area contributed by atoms with Crippen LogP contribution in [-0.4, -0.2) is 42.3 Å². The molecule has 1 unspecified atom stereocenters. The quantitative estimate of drug-likeness (QED) is 0.540. The Balaban J connectivity index is 3.52. The molecule has 2 N–H and O–H groups in total. The molecule has 1 amide bonds. The molecular formula is C7H16N2O2. The summed E-state index contributed by atoms with van der Waals surface area (Å²) in [6.07, 6.45) is -0.757. The van der Waals surface area contributed by atoms with Crippen LogP contribution < -0.4 is 5.32 Å². The molecule has 0 aliphatic heterocycles. The molecule has 66 valence electrons. The highest BCUT2D eigenvalue weighted by molar-refractivity contribution is 5.78. The first-order valence-electron chi connectivity index (χ1n) is 3.72. The van der Waals surface area contributed by atoms with Crippen molar-refractivity contribution < 1.29 is 9.90 Å². The van der Waals surface area contributed by atoms with Crippen molar-refractivity contribution in [2.45, 2.75) is 20.1 Å². The molecule has 0 fully saturated rings. The highest BCUT2D eigenvalue weighted by Crippen LogP contribution is 1.81. The van der Waals surface area contributed by atoms with E-state index in [2.05, 4.69) is 5.32 Å². The third kappa shape index (κ3) is 5.82. The number of nitrogens with one attached hydrogen (secondary N) is 1. The van der Waals surface area contributed by atoms with E-state index in [9.17, 15) is 4.79 Å². The van der Waals surface area contributed by atoms with E-state index < -0.39 is 6.23 Å². The summed E-state index contributed by atoms with van der Waals surface area (Å²) in [4.78, 5) is 12.8. The lowest BCUT2D eigenvalue weighted by molar-refractivity contribution is -0.124. The smallest absolute Gasteiger partial charge is 0.236 e. The number of amides is 1. The second-order valence-corrected chi connectivity index (χ2v) is 2.57. The van der Waals surface area contributed by atoms with Gasteiger partial charge in [-0.25, -0.2) is 0 Å². The van der Waals surface area contributed by atoms with Crippen LogP contribution in [0.1, 0.15) is 13.8 Å². The molecule has 0 aromatic heterocycles. The standard InChI is InChI=1S/C7H16N2O2/c1-4-9(3)5-7(11)8-6(2)10/h6,10H,4-5H2,1-3H3,(H,8,11). The van der Waals surface area contributed by atoms with Crippen LogP contribution in [-0.2, 0) is 4.79 Å². The maximum absolute atomic E-state index is 10.9.